The van der Waals surface area contributed by atoms with Gasteiger partial charge in [-0.05, 0) is 54.7 Å². The zero-order chi connectivity index (χ0) is 15.9. The number of para-hydroxylation sites is 2. The largest absolute Gasteiger partial charge is 0.361 e. The molecule has 2 aromatic carbocycles. The van der Waals surface area contributed by atoms with Gasteiger partial charge in [-0.15, -0.1) is 12.4 Å². The quantitative estimate of drug-likeness (QED) is 0.621. The van der Waals surface area contributed by atoms with E-state index in [1.807, 2.05) is 73.1 Å². The molecular weight excluding hydrogens is 339 g/mol. The minimum Gasteiger partial charge on any atom is -0.361 e. The van der Waals surface area contributed by atoms with E-state index in [9.17, 15) is 0 Å². The molecule has 0 unspecified atom stereocenters. The molecule has 0 amide bonds. The number of benzene rings is 2. The van der Waals surface area contributed by atoms with Crippen LogP contribution in [0.1, 0.15) is 19.3 Å². The van der Waals surface area contributed by atoms with Crippen molar-refractivity contribution in [3.05, 3.63) is 83.0 Å². The maximum absolute atomic E-state index is 6.56. The highest BCUT2D eigenvalue weighted by Gasteiger charge is 2.14. The van der Waals surface area contributed by atoms with Gasteiger partial charge >= 0.3 is 0 Å². The molecule has 1 aliphatic carbocycles. The zero-order valence-electron chi connectivity index (χ0n) is 13.3. The second-order valence-electron chi connectivity index (χ2n) is 5.47. The fourth-order valence-electron chi connectivity index (χ4n) is 2.52. The monoisotopic (exact) mass is 358 g/mol. The molecule has 124 valence electrons. The second kappa shape index (κ2) is 9.31. The Hall–Kier alpha value is -2.03. The molecule has 0 spiro atoms. The summed E-state index contributed by atoms with van der Waals surface area (Å²) in [4.78, 5) is 4.52. The summed E-state index contributed by atoms with van der Waals surface area (Å²) in [6.07, 6.45) is 6.95. The van der Waals surface area contributed by atoms with Crippen LogP contribution in [-0.2, 0) is 0 Å². The third kappa shape index (κ3) is 4.98. The molecule has 0 saturated carbocycles. The average Bonchev–Trinajstić information content (AvgIpc) is 2.61. The summed E-state index contributed by atoms with van der Waals surface area (Å²) in [5, 5.41) is 4.13. The molecule has 1 aliphatic rings. The van der Waals surface area contributed by atoms with E-state index in [4.69, 9.17) is 11.6 Å². The predicted molar refractivity (Wildman–Crippen MR) is 107 cm³/mol. The fourth-order valence-corrected chi connectivity index (χ4v) is 2.82. The van der Waals surface area contributed by atoms with Crippen LogP contribution in [0.3, 0.4) is 0 Å². The lowest BCUT2D eigenvalue weighted by Gasteiger charge is -2.17. The van der Waals surface area contributed by atoms with Crippen molar-refractivity contribution in [1.29, 1.82) is 0 Å². The first-order chi connectivity index (χ1) is 11.3. The summed E-state index contributed by atoms with van der Waals surface area (Å²) in [7, 11) is 0. The smallest absolute Gasteiger partial charge is 0.0629 e. The first-order valence-electron chi connectivity index (χ1n) is 7.82. The van der Waals surface area contributed by atoms with E-state index in [2.05, 4.69) is 10.3 Å². The Morgan fingerprint density at radius 3 is 2.29 bits per heavy atom. The van der Waals surface area contributed by atoms with E-state index in [0.717, 1.165) is 46.8 Å². The molecular formula is C20H20Cl2N2. The molecule has 0 bridgehead atoms. The number of anilines is 1. The van der Waals surface area contributed by atoms with Gasteiger partial charge in [0, 0.05) is 23.1 Å². The highest BCUT2D eigenvalue weighted by molar-refractivity contribution is 6.33. The van der Waals surface area contributed by atoms with Gasteiger partial charge in [0.2, 0.25) is 0 Å². The molecule has 0 saturated heterocycles. The lowest BCUT2D eigenvalue weighted by molar-refractivity contribution is 0.800. The van der Waals surface area contributed by atoms with E-state index in [1.165, 1.54) is 0 Å². The van der Waals surface area contributed by atoms with Gasteiger partial charge in [-0.2, -0.15) is 0 Å². The van der Waals surface area contributed by atoms with Crippen LogP contribution in [0.25, 0.3) is 0 Å². The van der Waals surface area contributed by atoms with Gasteiger partial charge in [-0.25, -0.2) is 0 Å². The van der Waals surface area contributed by atoms with Crippen molar-refractivity contribution in [3.63, 3.8) is 0 Å². The predicted octanol–water partition coefficient (Wildman–Crippen LogP) is 6.48. The summed E-state index contributed by atoms with van der Waals surface area (Å²) >= 11 is 6.56. The van der Waals surface area contributed by atoms with Gasteiger partial charge in [0.15, 0.2) is 0 Å². The summed E-state index contributed by atoms with van der Waals surface area (Å²) in [6, 6.07) is 20.0. The van der Waals surface area contributed by atoms with Crippen molar-refractivity contribution in [1.82, 2.24) is 0 Å². The van der Waals surface area contributed by atoms with Crippen LogP contribution in [0.5, 0.6) is 0 Å². The number of nitrogens with zero attached hydrogens (tertiary/aromatic N) is 1. The molecule has 0 radical (unpaired) electrons. The molecule has 0 heterocycles. The number of halogens is 2. The first kappa shape index (κ1) is 18.3. The number of rotatable bonds is 4. The minimum absolute atomic E-state index is 0. The molecule has 2 aromatic rings. The standard InChI is InChI=1S/C20H19ClN2.ClH/c21-20-16(14-22-18-10-3-1-4-11-18)8-7-9-17(20)15-23-19-12-5-2-6-13-19;/h1-6,10-15,22H,7-9H2;1H. The maximum atomic E-state index is 6.56. The summed E-state index contributed by atoms with van der Waals surface area (Å²) in [5.41, 5.74) is 4.25. The molecule has 0 aromatic heterocycles. The number of allylic oxidation sites excluding steroid dienone is 3. The van der Waals surface area contributed by atoms with Crippen LogP contribution in [0.2, 0.25) is 0 Å². The van der Waals surface area contributed by atoms with Gasteiger partial charge in [-0.3, -0.25) is 4.99 Å². The molecule has 2 nitrogen and oxygen atoms in total. The Labute approximate surface area is 154 Å². The van der Waals surface area contributed by atoms with Crippen molar-refractivity contribution in [2.24, 2.45) is 4.99 Å². The fraction of sp³-hybridized carbons (Fsp3) is 0.150. The molecule has 3 rings (SSSR count). The van der Waals surface area contributed by atoms with Crippen molar-refractivity contribution in [2.45, 2.75) is 19.3 Å². The topological polar surface area (TPSA) is 24.4 Å². The van der Waals surface area contributed by atoms with E-state index < -0.39 is 0 Å². The van der Waals surface area contributed by atoms with E-state index in [1.54, 1.807) is 0 Å². The SMILES string of the molecule is Cl.ClC1=C(C=Nc2ccccc2)CCCC1=CNc1ccccc1. The van der Waals surface area contributed by atoms with Gasteiger partial charge in [0.25, 0.3) is 0 Å². The molecule has 0 atom stereocenters. The maximum Gasteiger partial charge on any atom is 0.0629 e. The van der Waals surface area contributed by atoms with Crippen LogP contribution in [0, 0.1) is 0 Å². The van der Waals surface area contributed by atoms with Crippen LogP contribution in [0.15, 0.2) is 88.0 Å². The van der Waals surface area contributed by atoms with Crippen molar-refractivity contribution in [2.75, 3.05) is 5.32 Å². The van der Waals surface area contributed by atoms with Gasteiger partial charge in [0.05, 0.1) is 5.69 Å². The Bertz CT molecular complexity index is 735. The summed E-state index contributed by atoms with van der Waals surface area (Å²) in [5.74, 6) is 0. The Balaban J connectivity index is 0.00000208. The van der Waals surface area contributed by atoms with Crippen LogP contribution >= 0.6 is 24.0 Å². The number of hydrogen-bond acceptors (Lipinski definition) is 2. The minimum atomic E-state index is 0. The van der Waals surface area contributed by atoms with Crippen LogP contribution in [0.4, 0.5) is 11.4 Å². The lowest BCUT2D eigenvalue weighted by atomic mass is 9.96. The highest BCUT2D eigenvalue weighted by Crippen LogP contribution is 2.32. The summed E-state index contributed by atoms with van der Waals surface area (Å²) < 4.78 is 0. The Kier molecular flexibility index (Phi) is 7.10. The van der Waals surface area contributed by atoms with Gasteiger partial charge < -0.3 is 5.32 Å². The second-order valence-corrected chi connectivity index (χ2v) is 5.84. The van der Waals surface area contributed by atoms with Crippen molar-refractivity contribution < 1.29 is 0 Å². The summed E-state index contributed by atoms with van der Waals surface area (Å²) in [6.45, 7) is 0. The Morgan fingerprint density at radius 2 is 1.58 bits per heavy atom. The van der Waals surface area contributed by atoms with Gasteiger partial charge in [-0.1, -0.05) is 48.0 Å². The molecule has 0 aliphatic heterocycles. The number of aliphatic imine (C=N–C) groups is 1. The van der Waals surface area contributed by atoms with Gasteiger partial charge in [0.1, 0.15) is 0 Å². The van der Waals surface area contributed by atoms with Crippen LogP contribution < -0.4 is 5.32 Å². The zero-order valence-corrected chi connectivity index (χ0v) is 14.9. The van der Waals surface area contributed by atoms with E-state index in [0.29, 0.717) is 0 Å². The lowest BCUT2D eigenvalue weighted by Crippen LogP contribution is -2.02. The van der Waals surface area contributed by atoms with E-state index >= 15 is 0 Å². The third-order valence-corrected chi connectivity index (χ3v) is 4.25. The first-order valence-corrected chi connectivity index (χ1v) is 8.19. The number of hydrogen-bond donors (Lipinski definition) is 1. The van der Waals surface area contributed by atoms with Crippen LogP contribution in [-0.4, -0.2) is 6.21 Å². The highest BCUT2D eigenvalue weighted by atomic mass is 35.5. The molecule has 4 heteroatoms. The van der Waals surface area contributed by atoms with Crippen molar-refractivity contribution >= 4 is 41.6 Å². The Morgan fingerprint density at radius 1 is 0.917 bits per heavy atom. The van der Waals surface area contributed by atoms with E-state index in [-0.39, 0.29) is 12.4 Å². The third-order valence-electron chi connectivity index (χ3n) is 3.77. The molecule has 1 N–H and O–H groups in total. The average molecular weight is 359 g/mol. The normalized spacial score (nSPS) is 16.3. The molecule has 0 fully saturated rings. The molecule has 24 heavy (non-hydrogen) atoms. The van der Waals surface area contributed by atoms with Crippen molar-refractivity contribution in [3.8, 4) is 0 Å². The number of nitrogens with one attached hydrogen (secondary N) is 1.